The molecule has 0 radical (unpaired) electrons. The first-order valence-corrected chi connectivity index (χ1v) is 8.17. The highest BCUT2D eigenvalue weighted by Crippen LogP contribution is 2.28. The topological polar surface area (TPSA) is 68.3 Å². The van der Waals surface area contributed by atoms with Crippen LogP contribution in [0.4, 0.5) is 5.82 Å². The van der Waals surface area contributed by atoms with Gasteiger partial charge in [-0.25, -0.2) is 13.4 Å². The van der Waals surface area contributed by atoms with Gasteiger partial charge in [-0.3, -0.25) is 4.72 Å². The Labute approximate surface area is 126 Å². The molecular formula is C13H13BrN2O3S. The second kappa shape index (κ2) is 6.23. The molecule has 1 N–H and O–H groups in total. The number of ether oxygens (including phenoxy) is 1. The van der Waals surface area contributed by atoms with Crippen molar-refractivity contribution in [3.05, 3.63) is 47.1 Å². The van der Waals surface area contributed by atoms with Crippen LogP contribution < -0.4 is 9.46 Å². The Kier molecular flexibility index (Phi) is 4.61. The predicted molar refractivity (Wildman–Crippen MR) is 80.4 cm³/mol. The van der Waals surface area contributed by atoms with Crippen molar-refractivity contribution >= 4 is 31.8 Å². The van der Waals surface area contributed by atoms with Crippen molar-refractivity contribution in [2.45, 2.75) is 11.8 Å². The van der Waals surface area contributed by atoms with Gasteiger partial charge in [-0.05, 0) is 37.3 Å². The summed E-state index contributed by atoms with van der Waals surface area (Å²) in [6.07, 6.45) is 1.52. The molecule has 0 aliphatic rings. The Morgan fingerprint density at radius 1 is 1.30 bits per heavy atom. The molecule has 20 heavy (non-hydrogen) atoms. The van der Waals surface area contributed by atoms with Crippen LogP contribution in [0.1, 0.15) is 6.92 Å². The summed E-state index contributed by atoms with van der Waals surface area (Å²) in [5, 5.41) is 0. The second-order valence-electron chi connectivity index (χ2n) is 3.84. The lowest BCUT2D eigenvalue weighted by molar-refractivity contribution is 0.331. The molecule has 0 saturated carbocycles. The maximum absolute atomic E-state index is 12.4. The van der Waals surface area contributed by atoms with Gasteiger partial charge in [0.2, 0.25) is 0 Å². The SMILES string of the molecule is CCOc1ccc(Br)cc1S(=O)(=O)Nc1ccccn1. The van der Waals surface area contributed by atoms with E-state index in [9.17, 15) is 8.42 Å². The van der Waals surface area contributed by atoms with Crippen LogP contribution in [0.2, 0.25) is 0 Å². The third-order valence-electron chi connectivity index (χ3n) is 2.40. The molecule has 0 fully saturated rings. The van der Waals surface area contributed by atoms with E-state index in [1.807, 2.05) is 0 Å². The van der Waals surface area contributed by atoms with Gasteiger partial charge < -0.3 is 4.74 Å². The number of pyridine rings is 1. The van der Waals surface area contributed by atoms with Gasteiger partial charge in [0, 0.05) is 10.7 Å². The minimum atomic E-state index is -3.76. The number of rotatable bonds is 5. The van der Waals surface area contributed by atoms with E-state index in [1.165, 1.54) is 12.3 Å². The molecule has 1 heterocycles. The first-order chi connectivity index (χ1) is 9.53. The van der Waals surface area contributed by atoms with Crippen LogP contribution in [0, 0.1) is 0 Å². The first kappa shape index (κ1) is 14.8. The summed E-state index contributed by atoms with van der Waals surface area (Å²) >= 11 is 3.26. The molecule has 0 saturated heterocycles. The van der Waals surface area contributed by atoms with Gasteiger partial charge in [0.05, 0.1) is 6.61 Å². The molecule has 106 valence electrons. The number of hydrogen-bond donors (Lipinski definition) is 1. The highest BCUT2D eigenvalue weighted by Gasteiger charge is 2.20. The second-order valence-corrected chi connectivity index (χ2v) is 6.41. The summed E-state index contributed by atoms with van der Waals surface area (Å²) in [7, 11) is -3.76. The minimum absolute atomic E-state index is 0.0689. The van der Waals surface area contributed by atoms with Crippen LogP contribution in [0.15, 0.2) is 52.0 Å². The van der Waals surface area contributed by atoms with Crippen LogP contribution in [0.25, 0.3) is 0 Å². The van der Waals surface area contributed by atoms with E-state index < -0.39 is 10.0 Å². The molecule has 1 aromatic heterocycles. The van der Waals surface area contributed by atoms with E-state index in [0.29, 0.717) is 16.8 Å². The van der Waals surface area contributed by atoms with Crippen LogP contribution in [-0.4, -0.2) is 20.0 Å². The zero-order chi connectivity index (χ0) is 14.6. The van der Waals surface area contributed by atoms with E-state index in [4.69, 9.17) is 4.74 Å². The summed E-state index contributed by atoms with van der Waals surface area (Å²) in [5.41, 5.74) is 0. The van der Waals surface area contributed by atoms with Crippen molar-refractivity contribution in [3.8, 4) is 5.75 Å². The lowest BCUT2D eigenvalue weighted by atomic mass is 10.3. The molecule has 2 rings (SSSR count). The Balaban J connectivity index is 2.41. The van der Waals surface area contributed by atoms with Crippen LogP contribution in [0.5, 0.6) is 5.75 Å². The third-order valence-corrected chi connectivity index (χ3v) is 4.27. The average molecular weight is 357 g/mol. The standard InChI is InChI=1S/C13H13BrN2O3S/c1-2-19-11-7-6-10(14)9-12(11)20(17,18)16-13-5-3-4-8-15-13/h3-9H,2H2,1H3,(H,15,16). The molecule has 5 nitrogen and oxygen atoms in total. The van der Waals surface area contributed by atoms with Crippen LogP contribution in [-0.2, 0) is 10.0 Å². The van der Waals surface area contributed by atoms with E-state index >= 15 is 0 Å². The summed E-state index contributed by atoms with van der Waals surface area (Å²) in [5.74, 6) is 0.564. The maximum atomic E-state index is 12.4. The van der Waals surface area contributed by atoms with Crippen molar-refractivity contribution in [1.82, 2.24) is 4.98 Å². The van der Waals surface area contributed by atoms with Gasteiger partial charge in [-0.1, -0.05) is 22.0 Å². The number of benzene rings is 1. The fourth-order valence-electron chi connectivity index (χ4n) is 1.58. The average Bonchev–Trinajstić information content (AvgIpc) is 2.41. The molecule has 0 spiro atoms. The molecule has 0 atom stereocenters. The molecule has 0 unspecified atom stereocenters. The molecule has 0 bridgehead atoms. The number of hydrogen-bond acceptors (Lipinski definition) is 4. The first-order valence-electron chi connectivity index (χ1n) is 5.89. The van der Waals surface area contributed by atoms with E-state index in [0.717, 1.165) is 0 Å². The largest absolute Gasteiger partial charge is 0.492 e. The van der Waals surface area contributed by atoms with Crippen molar-refractivity contribution in [3.63, 3.8) is 0 Å². The quantitative estimate of drug-likeness (QED) is 0.893. The van der Waals surface area contributed by atoms with Gasteiger partial charge in [0.25, 0.3) is 10.0 Å². The molecule has 0 amide bonds. The lowest BCUT2D eigenvalue weighted by Gasteiger charge is -2.12. The molecule has 0 aliphatic carbocycles. The molecule has 7 heteroatoms. The molecule has 2 aromatic rings. The Hall–Kier alpha value is -1.60. The summed E-state index contributed by atoms with van der Waals surface area (Å²) in [6.45, 7) is 2.18. The van der Waals surface area contributed by atoms with Crippen molar-refractivity contribution < 1.29 is 13.2 Å². The van der Waals surface area contributed by atoms with Gasteiger partial charge in [-0.2, -0.15) is 0 Å². The normalized spacial score (nSPS) is 11.1. The molecule has 0 aliphatic heterocycles. The van der Waals surface area contributed by atoms with Gasteiger partial charge in [0.15, 0.2) is 0 Å². The summed E-state index contributed by atoms with van der Waals surface area (Å²) < 4.78 is 33.2. The minimum Gasteiger partial charge on any atom is -0.492 e. The number of anilines is 1. The van der Waals surface area contributed by atoms with E-state index in [1.54, 1.807) is 37.3 Å². The Bertz CT molecular complexity index is 690. The molecular weight excluding hydrogens is 344 g/mol. The Morgan fingerprint density at radius 2 is 2.10 bits per heavy atom. The Morgan fingerprint density at radius 3 is 2.75 bits per heavy atom. The molecule has 1 aromatic carbocycles. The van der Waals surface area contributed by atoms with Gasteiger partial charge in [0.1, 0.15) is 16.5 Å². The fourth-order valence-corrected chi connectivity index (χ4v) is 3.28. The summed E-state index contributed by atoms with van der Waals surface area (Å²) in [6, 6.07) is 9.83. The van der Waals surface area contributed by atoms with Crippen molar-refractivity contribution in [1.29, 1.82) is 0 Å². The van der Waals surface area contributed by atoms with Crippen molar-refractivity contribution in [2.75, 3.05) is 11.3 Å². The highest BCUT2D eigenvalue weighted by molar-refractivity contribution is 9.10. The third kappa shape index (κ3) is 3.49. The monoisotopic (exact) mass is 356 g/mol. The summed E-state index contributed by atoms with van der Waals surface area (Å²) in [4.78, 5) is 4.01. The smallest absolute Gasteiger partial charge is 0.266 e. The number of sulfonamides is 1. The van der Waals surface area contributed by atoms with Crippen LogP contribution in [0.3, 0.4) is 0 Å². The van der Waals surface area contributed by atoms with Gasteiger partial charge >= 0.3 is 0 Å². The number of nitrogens with one attached hydrogen (secondary N) is 1. The number of nitrogens with zero attached hydrogens (tertiary/aromatic N) is 1. The van der Waals surface area contributed by atoms with E-state index in [2.05, 4.69) is 25.6 Å². The van der Waals surface area contributed by atoms with Crippen molar-refractivity contribution in [2.24, 2.45) is 0 Å². The van der Waals surface area contributed by atoms with Gasteiger partial charge in [-0.15, -0.1) is 0 Å². The lowest BCUT2D eigenvalue weighted by Crippen LogP contribution is -2.15. The maximum Gasteiger partial charge on any atom is 0.266 e. The van der Waals surface area contributed by atoms with Crippen LogP contribution >= 0.6 is 15.9 Å². The zero-order valence-electron chi connectivity index (χ0n) is 10.7. The fraction of sp³-hybridized carbons (Fsp3) is 0.154. The number of aromatic nitrogens is 1. The predicted octanol–water partition coefficient (Wildman–Crippen LogP) is 3.04. The number of halogens is 1. The highest BCUT2D eigenvalue weighted by atomic mass is 79.9. The zero-order valence-corrected chi connectivity index (χ0v) is 13.1. The van der Waals surface area contributed by atoms with E-state index in [-0.39, 0.29) is 10.7 Å².